The van der Waals surface area contributed by atoms with Crippen LogP contribution in [0.15, 0.2) is 40.7 Å². The van der Waals surface area contributed by atoms with Gasteiger partial charge in [-0.2, -0.15) is 5.10 Å². The molecule has 0 saturated carbocycles. The third kappa shape index (κ3) is 3.52. The Balaban J connectivity index is 2.17. The molecule has 0 fully saturated rings. The van der Waals surface area contributed by atoms with Gasteiger partial charge in [0.25, 0.3) is 0 Å². The second kappa shape index (κ2) is 6.01. The second-order valence-corrected chi connectivity index (χ2v) is 6.02. The summed E-state index contributed by atoms with van der Waals surface area (Å²) in [5, 5.41) is 22.9. The number of aliphatic hydroxyl groups is 1. The van der Waals surface area contributed by atoms with E-state index in [1.807, 2.05) is 13.8 Å². The molecule has 0 unspecified atom stereocenters. The van der Waals surface area contributed by atoms with Gasteiger partial charge in [-0.25, -0.2) is 4.79 Å². The van der Waals surface area contributed by atoms with E-state index < -0.39 is 5.97 Å². The number of hydrazone groups is 1. The fourth-order valence-corrected chi connectivity index (χ4v) is 2.38. The molecule has 1 aliphatic carbocycles. The molecule has 0 radical (unpaired) electrons. The van der Waals surface area contributed by atoms with Crippen molar-refractivity contribution < 1.29 is 19.8 Å². The molecule has 1 aromatic rings. The highest BCUT2D eigenvalue weighted by Gasteiger charge is 2.32. The van der Waals surface area contributed by atoms with Crippen molar-refractivity contribution in [2.24, 2.45) is 10.5 Å². The van der Waals surface area contributed by atoms with Crippen LogP contribution in [-0.2, 0) is 4.79 Å². The maximum absolute atomic E-state index is 12.0. The molecule has 0 atom stereocenters. The number of nitrogens with one attached hydrogen (secondary N) is 1. The topological polar surface area (TPSA) is 99.0 Å². The van der Waals surface area contributed by atoms with Crippen molar-refractivity contribution in [2.75, 3.05) is 5.43 Å². The zero-order valence-electron chi connectivity index (χ0n) is 12.5. The van der Waals surface area contributed by atoms with E-state index in [4.69, 9.17) is 5.11 Å². The van der Waals surface area contributed by atoms with Gasteiger partial charge in [-0.05, 0) is 17.5 Å². The van der Waals surface area contributed by atoms with Gasteiger partial charge in [0.1, 0.15) is 5.76 Å². The lowest BCUT2D eigenvalue weighted by molar-refractivity contribution is -0.117. The van der Waals surface area contributed by atoms with Gasteiger partial charge in [-0.3, -0.25) is 10.2 Å². The van der Waals surface area contributed by atoms with Crippen LogP contribution in [-0.4, -0.2) is 28.2 Å². The quantitative estimate of drug-likeness (QED) is 0.586. The van der Waals surface area contributed by atoms with Crippen LogP contribution < -0.4 is 5.43 Å². The summed E-state index contributed by atoms with van der Waals surface area (Å²) in [4.78, 5) is 23.1. The minimum atomic E-state index is -1.07. The minimum absolute atomic E-state index is 0.0123. The first-order chi connectivity index (χ1) is 10.3. The number of carboxylic acids is 1. The lowest BCUT2D eigenvalue weighted by Crippen LogP contribution is -2.26. The number of para-hydroxylation sites is 1. The molecule has 0 aliphatic heterocycles. The molecule has 0 aromatic heterocycles. The van der Waals surface area contributed by atoms with Crippen molar-refractivity contribution in [3.8, 4) is 0 Å². The Labute approximate surface area is 128 Å². The third-order valence-corrected chi connectivity index (χ3v) is 3.43. The zero-order valence-corrected chi connectivity index (χ0v) is 12.5. The monoisotopic (exact) mass is 302 g/mol. The fourth-order valence-electron chi connectivity index (χ4n) is 2.38. The van der Waals surface area contributed by atoms with Crippen molar-refractivity contribution in [3.05, 3.63) is 41.2 Å². The number of Topliss-reactive ketones (excluding diaryl/α,β-unsaturated/α-hetero) is 1. The van der Waals surface area contributed by atoms with Gasteiger partial charge in [0.2, 0.25) is 0 Å². The molecule has 0 amide bonds. The van der Waals surface area contributed by atoms with Crippen LogP contribution in [0, 0.1) is 5.41 Å². The Morgan fingerprint density at radius 2 is 2.00 bits per heavy atom. The molecule has 116 valence electrons. The number of anilines is 1. The Morgan fingerprint density at radius 3 is 2.64 bits per heavy atom. The number of rotatable bonds is 4. The summed E-state index contributed by atoms with van der Waals surface area (Å²) in [6, 6.07) is 6.31. The van der Waals surface area contributed by atoms with E-state index in [1.54, 1.807) is 18.2 Å². The number of hydrogen-bond acceptors (Lipinski definition) is 5. The normalized spacial score (nSPS) is 17.8. The van der Waals surface area contributed by atoms with Gasteiger partial charge in [-0.15, -0.1) is 0 Å². The number of carbonyl (C=O) groups excluding carboxylic acids is 1. The highest BCUT2D eigenvalue weighted by Crippen LogP contribution is 2.35. The third-order valence-electron chi connectivity index (χ3n) is 3.43. The summed E-state index contributed by atoms with van der Waals surface area (Å²) in [6.07, 6.45) is 1.99. The molecule has 0 bridgehead atoms. The molecule has 22 heavy (non-hydrogen) atoms. The first-order valence-corrected chi connectivity index (χ1v) is 6.87. The molecule has 3 N–H and O–H groups in total. The minimum Gasteiger partial charge on any atom is -0.511 e. The molecule has 1 aromatic carbocycles. The number of ketones is 1. The molecule has 6 heteroatoms. The van der Waals surface area contributed by atoms with E-state index in [-0.39, 0.29) is 28.1 Å². The second-order valence-electron chi connectivity index (χ2n) is 6.02. The molecule has 0 saturated heterocycles. The van der Waals surface area contributed by atoms with E-state index >= 15 is 0 Å². The van der Waals surface area contributed by atoms with Gasteiger partial charge in [-0.1, -0.05) is 26.0 Å². The van der Waals surface area contributed by atoms with Crippen molar-refractivity contribution in [2.45, 2.75) is 26.7 Å². The van der Waals surface area contributed by atoms with Crippen LogP contribution in [0.4, 0.5) is 5.69 Å². The standard InChI is InChI=1S/C16H18N2O4/c1-16(2)7-13(19)11(14(20)8-16)9-17-18-12-6-4-3-5-10(12)15(21)22/h3-6,9,18-19H,7-8H2,1-2H3,(H,21,22)/b17-9+. The predicted octanol–water partition coefficient (Wildman–Crippen LogP) is 2.98. The van der Waals surface area contributed by atoms with Crippen LogP contribution in [0.3, 0.4) is 0 Å². The summed E-state index contributed by atoms with van der Waals surface area (Å²) in [6.45, 7) is 3.83. The van der Waals surface area contributed by atoms with Crippen LogP contribution in [0.5, 0.6) is 0 Å². The number of hydrogen-bond donors (Lipinski definition) is 3. The van der Waals surface area contributed by atoms with Crippen LogP contribution in [0.25, 0.3) is 0 Å². The Kier molecular flexibility index (Phi) is 4.30. The van der Waals surface area contributed by atoms with Crippen LogP contribution >= 0.6 is 0 Å². The first-order valence-electron chi connectivity index (χ1n) is 6.87. The van der Waals surface area contributed by atoms with Crippen molar-refractivity contribution in [1.82, 2.24) is 0 Å². The SMILES string of the molecule is CC1(C)CC(=O)C(/C=N/Nc2ccccc2C(=O)O)=C(O)C1. The van der Waals surface area contributed by atoms with Gasteiger partial charge in [0.05, 0.1) is 23.0 Å². The summed E-state index contributed by atoms with van der Waals surface area (Å²) >= 11 is 0. The molecule has 6 nitrogen and oxygen atoms in total. The highest BCUT2D eigenvalue weighted by molar-refractivity contribution is 6.14. The Hall–Kier alpha value is -2.63. The zero-order chi connectivity index (χ0) is 16.3. The predicted molar refractivity (Wildman–Crippen MR) is 83.2 cm³/mol. The summed E-state index contributed by atoms with van der Waals surface area (Å²) in [7, 11) is 0. The fraction of sp³-hybridized carbons (Fsp3) is 0.312. The lowest BCUT2D eigenvalue weighted by atomic mass is 9.77. The van der Waals surface area contributed by atoms with E-state index in [2.05, 4.69) is 10.5 Å². The maximum atomic E-state index is 12.0. The molecular weight excluding hydrogens is 284 g/mol. The van der Waals surface area contributed by atoms with Crippen LogP contribution in [0.1, 0.15) is 37.0 Å². The average Bonchev–Trinajstić information content (AvgIpc) is 2.41. The number of allylic oxidation sites excluding steroid dienone is 2. The van der Waals surface area contributed by atoms with E-state index in [0.717, 1.165) is 0 Å². The number of benzene rings is 1. The number of carboxylic acid groups (broad SMARTS) is 1. The number of aromatic carboxylic acids is 1. The Morgan fingerprint density at radius 1 is 1.32 bits per heavy atom. The van der Waals surface area contributed by atoms with Crippen molar-refractivity contribution in [3.63, 3.8) is 0 Å². The Bertz CT molecular complexity index is 674. The summed E-state index contributed by atoms with van der Waals surface area (Å²) in [5.74, 6) is -1.24. The summed E-state index contributed by atoms with van der Waals surface area (Å²) in [5.41, 5.74) is 2.89. The van der Waals surface area contributed by atoms with E-state index in [9.17, 15) is 14.7 Å². The molecule has 0 spiro atoms. The van der Waals surface area contributed by atoms with Crippen molar-refractivity contribution in [1.29, 1.82) is 0 Å². The van der Waals surface area contributed by atoms with E-state index in [0.29, 0.717) is 18.5 Å². The van der Waals surface area contributed by atoms with Gasteiger partial charge in [0, 0.05) is 12.8 Å². The van der Waals surface area contributed by atoms with Gasteiger partial charge in [0.15, 0.2) is 5.78 Å². The molecular formula is C16H18N2O4. The van der Waals surface area contributed by atoms with E-state index in [1.165, 1.54) is 12.3 Å². The lowest BCUT2D eigenvalue weighted by Gasteiger charge is -2.28. The van der Waals surface area contributed by atoms with Gasteiger partial charge >= 0.3 is 5.97 Å². The first kappa shape index (κ1) is 15.8. The molecule has 2 rings (SSSR count). The smallest absolute Gasteiger partial charge is 0.337 e. The van der Waals surface area contributed by atoms with Crippen LogP contribution in [0.2, 0.25) is 0 Å². The largest absolute Gasteiger partial charge is 0.511 e. The average molecular weight is 302 g/mol. The van der Waals surface area contributed by atoms with Crippen molar-refractivity contribution >= 4 is 23.7 Å². The van der Waals surface area contributed by atoms with Gasteiger partial charge < -0.3 is 10.2 Å². The number of nitrogens with zero attached hydrogens (tertiary/aromatic N) is 1. The molecule has 0 heterocycles. The number of carbonyl (C=O) groups is 2. The summed E-state index contributed by atoms with van der Waals surface area (Å²) < 4.78 is 0. The number of aliphatic hydroxyl groups excluding tert-OH is 1. The maximum Gasteiger partial charge on any atom is 0.337 e. The molecule has 1 aliphatic rings. The highest BCUT2D eigenvalue weighted by atomic mass is 16.4.